The Balaban J connectivity index is 2.01. The molecule has 0 saturated carbocycles. The van der Waals surface area contributed by atoms with Crippen LogP contribution in [-0.4, -0.2) is 24.9 Å². The SMILES string of the molecule is CN(C)c1cccc(C(=O)c2ccc3cccnc3c2)c1. The molecule has 104 valence electrons. The molecule has 0 atom stereocenters. The van der Waals surface area contributed by atoms with Crippen LogP contribution in [0.15, 0.2) is 60.8 Å². The number of anilines is 1. The van der Waals surface area contributed by atoms with E-state index in [1.807, 2.05) is 73.6 Å². The number of hydrogen-bond donors (Lipinski definition) is 0. The zero-order valence-electron chi connectivity index (χ0n) is 12.1. The first kappa shape index (κ1) is 13.3. The summed E-state index contributed by atoms with van der Waals surface area (Å²) in [6, 6.07) is 17.2. The van der Waals surface area contributed by atoms with Crippen LogP contribution in [0.2, 0.25) is 0 Å². The molecule has 3 nitrogen and oxygen atoms in total. The zero-order valence-corrected chi connectivity index (χ0v) is 12.1. The summed E-state index contributed by atoms with van der Waals surface area (Å²) in [6.45, 7) is 0. The molecule has 3 heteroatoms. The van der Waals surface area contributed by atoms with Gasteiger partial charge in [-0.25, -0.2) is 0 Å². The van der Waals surface area contributed by atoms with Crippen molar-refractivity contribution in [3.05, 3.63) is 71.9 Å². The van der Waals surface area contributed by atoms with E-state index in [2.05, 4.69) is 4.98 Å². The molecule has 0 saturated heterocycles. The Morgan fingerprint density at radius 2 is 1.76 bits per heavy atom. The molecule has 21 heavy (non-hydrogen) atoms. The Morgan fingerprint density at radius 3 is 2.57 bits per heavy atom. The van der Waals surface area contributed by atoms with Crippen molar-refractivity contribution >= 4 is 22.4 Å². The second-order valence-electron chi connectivity index (χ2n) is 5.18. The van der Waals surface area contributed by atoms with Gasteiger partial charge in [0.25, 0.3) is 0 Å². The average molecular weight is 276 g/mol. The lowest BCUT2D eigenvalue weighted by molar-refractivity contribution is 0.103. The van der Waals surface area contributed by atoms with E-state index in [0.29, 0.717) is 11.1 Å². The Bertz CT molecular complexity index is 809. The summed E-state index contributed by atoms with van der Waals surface area (Å²) in [5.74, 6) is 0.0197. The predicted molar refractivity (Wildman–Crippen MR) is 85.9 cm³/mol. The second-order valence-corrected chi connectivity index (χ2v) is 5.18. The largest absolute Gasteiger partial charge is 0.378 e. The monoisotopic (exact) mass is 276 g/mol. The minimum atomic E-state index is 0.0197. The molecular formula is C18H16N2O. The number of carbonyl (C=O) groups excluding carboxylic acids is 1. The number of fused-ring (bicyclic) bond motifs is 1. The molecule has 0 unspecified atom stereocenters. The number of ketones is 1. The van der Waals surface area contributed by atoms with Crippen molar-refractivity contribution in [3.63, 3.8) is 0 Å². The van der Waals surface area contributed by atoms with E-state index in [4.69, 9.17) is 0 Å². The summed E-state index contributed by atoms with van der Waals surface area (Å²) in [5.41, 5.74) is 3.21. The van der Waals surface area contributed by atoms with E-state index in [0.717, 1.165) is 16.6 Å². The van der Waals surface area contributed by atoms with Gasteiger partial charge in [-0.1, -0.05) is 30.3 Å². The van der Waals surface area contributed by atoms with Crippen molar-refractivity contribution < 1.29 is 4.79 Å². The molecule has 2 aromatic carbocycles. The number of nitrogens with zero attached hydrogens (tertiary/aromatic N) is 2. The molecular weight excluding hydrogens is 260 g/mol. The van der Waals surface area contributed by atoms with Gasteiger partial charge in [0.15, 0.2) is 5.78 Å². The van der Waals surface area contributed by atoms with E-state index in [-0.39, 0.29) is 5.78 Å². The van der Waals surface area contributed by atoms with Gasteiger partial charge in [0.1, 0.15) is 0 Å². The average Bonchev–Trinajstić information content (AvgIpc) is 2.53. The third kappa shape index (κ3) is 2.63. The highest BCUT2D eigenvalue weighted by Gasteiger charge is 2.11. The van der Waals surface area contributed by atoms with E-state index in [1.165, 1.54) is 0 Å². The highest BCUT2D eigenvalue weighted by atomic mass is 16.1. The Hall–Kier alpha value is -2.68. The Morgan fingerprint density at radius 1 is 0.952 bits per heavy atom. The summed E-state index contributed by atoms with van der Waals surface area (Å²) < 4.78 is 0. The summed E-state index contributed by atoms with van der Waals surface area (Å²) >= 11 is 0. The fourth-order valence-electron chi connectivity index (χ4n) is 2.30. The summed E-state index contributed by atoms with van der Waals surface area (Å²) in [6.07, 6.45) is 1.74. The van der Waals surface area contributed by atoms with E-state index in [1.54, 1.807) is 6.20 Å². The van der Waals surface area contributed by atoms with Crippen molar-refractivity contribution in [1.82, 2.24) is 4.98 Å². The van der Waals surface area contributed by atoms with Crippen LogP contribution in [0.25, 0.3) is 10.9 Å². The van der Waals surface area contributed by atoms with Crippen LogP contribution in [0.1, 0.15) is 15.9 Å². The summed E-state index contributed by atoms with van der Waals surface area (Å²) in [4.78, 5) is 18.9. The van der Waals surface area contributed by atoms with Crippen LogP contribution < -0.4 is 4.90 Å². The maximum Gasteiger partial charge on any atom is 0.193 e. The molecule has 0 N–H and O–H groups in total. The molecule has 0 spiro atoms. The van der Waals surface area contributed by atoms with Gasteiger partial charge in [-0.05, 0) is 24.3 Å². The molecule has 0 amide bonds. The van der Waals surface area contributed by atoms with Crippen LogP contribution in [-0.2, 0) is 0 Å². The lowest BCUT2D eigenvalue weighted by Gasteiger charge is -2.13. The minimum absolute atomic E-state index is 0.0197. The number of rotatable bonds is 3. The van der Waals surface area contributed by atoms with Gasteiger partial charge in [0, 0.05) is 42.5 Å². The van der Waals surface area contributed by atoms with Crippen molar-refractivity contribution in [2.24, 2.45) is 0 Å². The summed E-state index contributed by atoms with van der Waals surface area (Å²) in [7, 11) is 3.92. The van der Waals surface area contributed by atoms with Gasteiger partial charge in [0.05, 0.1) is 5.52 Å². The highest BCUT2D eigenvalue weighted by molar-refractivity contribution is 6.10. The molecule has 0 bridgehead atoms. The van der Waals surface area contributed by atoms with Crippen LogP contribution in [0.4, 0.5) is 5.69 Å². The topological polar surface area (TPSA) is 33.2 Å². The maximum absolute atomic E-state index is 12.6. The first-order valence-corrected chi connectivity index (χ1v) is 6.82. The van der Waals surface area contributed by atoms with Gasteiger partial charge < -0.3 is 4.90 Å². The van der Waals surface area contributed by atoms with E-state index < -0.39 is 0 Å². The predicted octanol–water partition coefficient (Wildman–Crippen LogP) is 3.53. The van der Waals surface area contributed by atoms with Gasteiger partial charge in [0.2, 0.25) is 0 Å². The first-order valence-electron chi connectivity index (χ1n) is 6.82. The van der Waals surface area contributed by atoms with E-state index >= 15 is 0 Å². The zero-order chi connectivity index (χ0) is 14.8. The van der Waals surface area contributed by atoms with Crippen molar-refractivity contribution in [2.45, 2.75) is 0 Å². The van der Waals surface area contributed by atoms with Crippen molar-refractivity contribution in [1.29, 1.82) is 0 Å². The number of aromatic nitrogens is 1. The van der Waals surface area contributed by atoms with Gasteiger partial charge in [-0.3, -0.25) is 9.78 Å². The van der Waals surface area contributed by atoms with Crippen molar-refractivity contribution in [2.75, 3.05) is 19.0 Å². The van der Waals surface area contributed by atoms with Crippen LogP contribution in [0.3, 0.4) is 0 Å². The molecule has 3 rings (SSSR count). The third-order valence-corrected chi connectivity index (χ3v) is 3.49. The third-order valence-electron chi connectivity index (χ3n) is 3.49. The lowest BCUT2D eigenvalue weighted by atomic mass is 10.0. The normalized spacial score (nSPS) is 10.6. The Labute approximate surface area is 123 Å². The molecule has 0 fully saturated rings. The molecule has 0 aliphatic heterocycles. The number of hydrogen-bond acceptors (Lipinski definition) is 3. The van der Waals surface area contributed by atoms with E-state index in [9.17, 15) is 4.79 Å². The van der Waals surface area contributed by atoms with Crippen molar-refractivity contribution in [3.8, 4) is 0 Å². The molecule has 1 heterocycles. The molecule has 1 aromatic heterocycles. The van der Waals surface area contributed by atoms with Gasteiger partial charge in [-0.15, -0.1) is 0 Å². The van der Waals surface area contributed by atoms with Crippen LogP contribution in [0.5, 0.6) is 0 Å². The quantitative estimate of drug-likeness (QED) is 0.686. The minimum Gasteiger partial charge on any atom is -0.378 e. The first-order chi connectivity index (χ1) is 10.1. The molecule has 0 radical (unpaired) electrons. The lowest BCUT2D eigenvalue weighted by Crippen LogP contribution is -2.10. The molecule has 0 aliphatic rings. The fraction of sp³-hybridized carbons (Fsp3) is 0.111. The summed E-state index contributed by atoms with van der Waals surface area (Å²) in [5, 5.41) is 1.04. The van der Waals surface area contributed by atoms with Gasteiger partial charge in [-0.2, -0.15) is 0 Å². The van der Waals surface area contributed by atoms with Gasteiger partial charge >= 0.3 is 0 Å². The Kier molecular flexibility index (Phi) is 3.40. The van der Waals surface area contributed by atoms with Crippen LogP contribution >= 0.6 is 0 Å². The second kappa shape index (κ2) is 5.37. The number of carbonyl (C=O) groups is 1. The van der Waals surface area contributed by atoms with Crippen LogP contribution in [0, 0.1) is 0 Å². The standard InChI is InChI=1S/C18H16N2O/c1-20(2)16-7-3-5-14(11-16)18(21)15-9-8-13-6-4-10-19-17(13)12-15/h3-12H,1-2H3. The molecule has 3 aromatic rings. The fourth-order valence-corrected chi connectivity index (χ4v) is 2.30. The number of pyridine rings is 1. The maximum atomic E-state index is 12.6. The highest BCUT2D eigenvalue weighted by Crippen LogP contribution is 2.19. The molecule has 0 aliphatic carbocycles. The smallest absolute Gasteiger partial charge is 0.193 e. The number of benzene rings is 2.